The SMILES string of the molecule is C[C@@H](c1c(O)cc2c(c1O)C[C@@H](OC(=O)c1cc(O)c(O)c(O)c1)[C@@H](c1cc(O)c(O)c(O)c1)O2)c1c(O)cc(O)c2c1O[C@H](c1cc(O)c(O)c(O)c1)[C@H](OC(=O)c1cc(O)c(O)c(O)c1)C2. The molecular formula is C46H38O22. The normalized spacial score (nSPS) is 17.7. The smallest absolute Gasteiger partial charge is 0.338 e. The molecule has 0 saturated heterocycles. The van der Waals surface area contributed by atoms with Gasteiger partial charge in [-0.1, -0.05) is 6.92 Å². The van der Waals surface area contributed by atoms with Crippen molar-refractivity contribution in [2.45, 2.75) is 50.1 Å². The molecule has 0 fully saturated rings. The first-order valence-corrected chi connectivity index (χ1v) is 19.9. The van der Waals surface area contributed by atoms with Crippen LogP contribution in [0, 0.1) is 0 Å². The third-order valence-corrected chi connectivity index (χ3v) is 11.6. The number of aromatic hydroxyl groups is 16. The molecule has 0 amide bonds. The summed E-state index contributed by atoms with van der Waals surface area (Å²) in [5.74, 6) is -17.6. The topological polar surface area (TPSA) is 395 Å². The third-order valence-electron chi connectivity index (χ3n) is 11.6. The Balaban J connectivity index is 1.21. The van der Waals surface area contributed by atoms with Gasteiger partial charge in [-0.3, -0.25) is 0 Å². The molecule has 8 rings (SSSR count). The summed E-state index contributed by atoms with van der Waals surface area (Å²) in [4.78, 5) is 27.0. The molecule has 22 heteroatoms. The second-order valence-corrected chi connectivity index (χ2v) is 15.9. The van der Waals surface area contributed by atoms with E-state index in [1.807, 2.05) is 0 Å². The molecule has 0 saturated carbocycles. The van der Waals surface area contributed by atoms with Crippen molar-refractivity contribution >= 4 is 11.9 Å². The number of esters is 2. The maximum absolute atomic E-state index is 13.5. The maximum Gasteiger partial charge on any atom is 0.338 e. The predicted octanol–water partition coefficient (Wildman–Crippen LogP) is 4.93. The highest BCUT2D eigenvalue weighted by atomic mass is 16.6. The Morgan fingerprint density at radius 1 is 0.441 bits per heavy atom. The standard InChI is InChI=1S/C46H38O22/c1-14(35-23(49)13-32-20(37(35)58)11-34(42(65-32)15-2-24(50)38(59)25(51)3-15)67-46(64)18-8-30(56)41(62)31(57)9-18)36-22(48)12-21(47)19-10-33(66-45(63)17-6-28(54)40(61)29(55)7-17)43(68-44(19)36)16-4-26(52)39(60)27(53)5-16/h2-9,12-14,33-34,42-43,47-62H,10-11H2,1H3/t14-,33+,34+,42+,43+/m0/s1. The summed E-state index contributed by atoms with van der Waals surface area (Å²) in [6.45, 7) is 1.38. The van der Waals surface area contributed by atoms with Gasteiger partial charge in [-0.2, -0.15) is 0 Å². The number of carbonyl (C=O) groups excluding carboxylic acids is 2. The number of ether oxygens (including phenoxy) is 4. The van der Waals surface area contributed by atoms with Gasteiger partial charge in [0.15, 0.2) is 81.2 Å². The molecule has 0 spiro atoms. The molecule has 6 aromatic carbocycles. The van der Waals surface area contributed by atoms with Gasteiger partial charge in [-0.15, -0.1) is 0 Å². The zero-order valence-corrected chi connectivity index (χ0v) is 34.7. The molecular weight excluding hydrogens is 904 g/mol. The van der Waals surface area contributed by atoms with Crippen LogP contribution in [0.15, 0.2) is 60.7 Å². The fourth-order valence-corrected chi connectivity index (χ4v) is 8.24. The summed E-state index contributed by atoms with van der Waals surface area (Å²) >= 11 is 0. The van der Waals surface area contributed by atoms with E-state index in [0.29, 0.717) is 0 Å². The summed E-state index contributed by atoms with van der Waals surface area (Å²) in [5.41, 5.74) is -2.01. The van der Waals surface area contributed by atoms with E-state index in [4.69, 9.17) is 18.9 Å². The number of rotatable bonds is 8. The van der Waals surface area contributed by atoms with Crippen LogP contribution >= 0.6 is 0 Å². The van der Waals surface area contributed by atoms with Crippen molar-refractivity contribution in [1.82, 2.24) is 0 Å². The van der Waals surface area contributed by atoms with Crippen LogP contribution in [-0.4, -0.2) is 106 Å². The van der Waals surface area contributed by atoms with Crippen molar-refractivity contribution in [2.75, 3.05) is 0 Å². The molecule has 2 aliphatic rings. The lowest BCUT2D eigenvalue weighted by Crippen LogP contribution is -2.35. The highest BCUT2D eigenvalue weighted by Gasteiger charge is 2.43. The lowest BCUT2D eigenvalue weighted by atomic mass is 9.83. The first kappa shape index (κ1) is 45.2. The van der Waals surface area contributed by atoms with Gasteiger partial charge in [-0.05, 0) is 48.5 Å². The number of benzene rings is 6. The maximum atomic E-state index is 13.5. The Labute approximate surface area is 380 Å². The van der Waals surface area contributed by atoms with Crippen LogP contribution in [0.2, 0.25) is 0 Å². The molecule has 0 aliphatic carbocycles. The fourth-order valence-electron chi connectivity index (χ4n) is 8.24. The van der Waals surface area contributed by atoms with Crippen LogP contribution in [-0.2, 0) is 22.3 Å². The monoisotopic (exact) mass is 942 g/mol. The van der Waals surface area contributed by atoms with Crippen molar-refractivity contribution in [3.63, 3.8) is 0 Å². The number of fused-ring (bicyclic) bond motifs is 2. The van der Waals surface area contributed by atoms with Crippen LogP contribution in [0.25, 0.3) is 0 Å². The molecule has 0 radical (unpaired) electrons. The number of carbonyl (C=O) groups is 2. The molecule has 0 aromatic heterocycles. The number of hydrogen-bond acceptors (Lipinski definition) is 22. The lowest BCUT2D eigenvalue weighted by Gasteiger charge is -2.37. The molecule has 354 valence electrons. The number of hydrogen-bond donors (Lipinski definition) is 16. The van der Waals surface area contributed by atoms with E-state index >= 15 is 0 Å². The van der Waals surface area contributed by atoms with Gasteiger partial charge in [-0.25, -0.2) is 9.59 Å². The van der Waals surface area contributed by atoms with Gasteiger partial charge in [0.05, 0.1) is 11.1 Å². The van der Waals surface area contributed by atoms with E-state index in [1.165, 1.54) is 6.92 Å². The molecule has 68 heavy (non-hydrogen) atoms. The Hall–Kier alpha value is -9.34. The van der Waals surface area contributed by atoms with E-state index in [1.54, 1.807) is 0 Å². The third kappa shape index (κ3) is 7.73. The van der Waals surface area contributed by atoms with E-state index in [2.05, 4.69) is 0 Å². The minimum Gasteiger partial charge on any atom is -0.507 e. The summed E-state index contributed by atoms with van der Waals surface area (Å²) in [5, 5.41) is 168. The summed E-state index contributed by atoms with van der Waals surface area (Å²) in [7, 11) is 0. The van der Waals surface area contributed by atoms with Crippen molar-refractivity contribution in [2.24, 2.45) is 0 Å². The zero-order chi connectivity index (χ0) is 49.4. The van der Waals surface area contributed by atoms with E-state index in [0.717, 1.165) is 60.7 Å². The van der Waals surface area contributed by atoms with Crippen LogP contribution in [0.4, 0.5) is 0 Å². The van der Waals surface area contributed by atoms with Crippen molar-refractivity contribution in [1.29, 1.82) is 0 Å². The summed E-state index contributed by atoms with van der Waals surface area (Å²) in [6.07, 6.45) is -7.06. The average molecular weight is 943 g/mol. The van der Waals surface area contributed by atoms with Crippen molar-refractivity contribution < 1.29 is 110 Å². The summed E-state index contributed by atoms with van der Waals surface area (Å²) in [6, 6.07) is 8.89. The molecule has 6 aromatic rings. The highest BCUT2D eigenvalue weighted by Crippen LogP contribution is 2.56. The van der Waals surface area contributed by atoms with Gasteiger partial charge in [0.1, 0.15) is 46.7 Å². The molecule has 2 aliphatic heterocycles. The van der Waals surface area contributed by atoms with Crippen LogP contribution < -0.4 is 9.47 Å². The molecule has 2 heterocycles. The Bertz CT molecular complexity index is 3000. The Kier molecular flexibility index (Phi) is 11.0. The average Bonchev–Trinajstić information content (AvgIpc) is 3.27. The van der Waals surface area contributed by atoms with E-state index < -0.39 is 158 Å². The first-order chi connectivity index (χ1) is 32.0. The van der Waals surface area contributed by atoms with Gasteiger partial charge < -0.3 is 101 Å². The highest BCUT2D eigenvalue weighted by molar-refractivity contribution is 5.92. The quantitative estimate of drug-likeness (QED) is 0.0710. The minimum atomic E-state index is -1.59. The second-order valence-electron chi connectivity index (χ2n) is 15.9. The number of phenols is 16. The molecule has 22 nitrogen and oxygen atoms in total. The van der Waals surface area contributed by atoms with E-state index in [9.17, 15) is 91.3 Å². The molecule has 0 bridgehead atoms. The Morgan fingerprint density at radius 2 is 0.809 bits per heavy atom. The van der Waals surface area contributed by atoms with Crippen LogP contribution in [0.5, 0.6) is 103 Å². The number of phenolic OH excluding ortho intramolecular Hbond substituents is 16. The zero-order valence-electron chi connectivity index (χ0n) is 34.7. The van der Waals surface area contributed by atoms with E-state index in [-0.39, 0.29) is 44.9 Å². The van der Waals surface area contributed by atoms with Gasteiger partial charge in [0, 0.05) is 64.3 Å². The van der Waals surface area contributed by atoms with Crippen molar-refractivity contribution in [3.05, 3.63) is 105 Å². The van der Waals surface area contributed by atoms with Gasteiger partial charge >= 0.3 is 11.9 Å². The minimum absolute atomic E-state index is 0.0972. The molecule has 0 unspecified atom stereocenters. The molecule has 5 atom stereocenters. The van der Waals surface area contributed by atoms with Gasteiger partial charge in [0.2, 0.25) is 0 Å². The van der Waals surface area contributed by atoms with Crippen LogP contribution in [0.1, 0.15) is 79.1 Å². The molecule has 16 N–H and O–H groups in total. The first-order valence-electron chi connectivity index (χ1n) is 19.9. The largest absolute Gasteiger partial charge is 0.507 e. The van der Waals surface area contributed by atoms with Crippen molar-refractivity contribution in [3.8, 4) is 103 Å². The predicted molar refractivity (Wildman–Crippen MR) is 225 cm³/mol. The Morgan fingerprint density at radius 3 is 1.24 bits per heavy atom. The fraction of sp³-hybridized carbons (Fsp3) is 0.174. The second kappa shape index (κ2) is 16.6. The summed E-state index contributed by atoms with van der Waals surface area (Å²) < 4.78 is 23.9. The van der Waals surface area contributed by atoms with Gasteiger partial charge in [0.25, 0.3) is 0 Å². The van der Waals surface area contributed by atoms with Crippen LogP contribution in [0.3, 0.4) is 0 Å². The lowest BCUT2D eigenvalue weighted by molar-refractivity contribution is -0.0194.